The topological polar surface area (TPSA) is 73.7 Å². The number of hydrogen-bond acceptors (Lipinski definition) is 6. The second-order valence-corrected chi connectivity index (χ2v) is 7.47. The fourth-order valence-electron chi connectivity index (χ4n) is 3.36. The zero-order chi connectivity index (χ0) is 23.4. The standard InChI is InChI=1S/C25H20ClFN2O4/c1-31-23-8-4-15(9-24(23)32-2)20-12-28-14-29-25(20)19-7-6-18(11-22(19)30)33-13-16-3-5-17(27)10-21(16)26/h3-12,14,30H,13H2,1-2H3. The van der Waals surface area contributed by atoms with Gasteiger partial charge in [0.05, 0.1) is 24.9 Å². The summed E-state index contributed by atoms with van der Waals surface area (Å²) in [6.07, 6.45) is 3.09. The van der Waals surface area contributed by atoms with E-state index >= 15 is 0 Å². The highest BCUT2D eigenvalue weighted by atomic mass is 35.5. The summed E-state index contributed by atoms with van der Waals surface area (Å²) in [6.45, 7) is 0.127. The monoisotopic (exact) mass is 466 g/mol. The molecule has 0 unspecified atom stereocenters. The van der Waals surface area contributed by atoms with Crippen LogP contribution in [0.5, 0.6) is 23.0 Å². The summed E-state index contributed by atoms with van der Waals surface area (Å²) in [4.78, 5) is 8.53. The van der Waals surface area contributed by atoms with E-state index in [-0.39, 0.29) is 17.4 Å². The first kappa shape index (κ1) is 22.4. The van der Waals surface area contributed by atoms with Crippen LogP contribution in [0.15, 0.2) is 67.1 Å². The van der Waals surface area contributed by atoms with Crippen molar-refractivity contribution in [1.29, 1.82) is 0 Å². The molecule has 0 aliphatic rings. The van der Waals surface area contributed by atoms with E-state index < -0.39 is 5.82 Å². The van der Waals surface area contributed by atoms with Crippen LogP contribution >= 0.6 is 11.6 Å². The highest BCUT2D eigenvalue weighted by Gasteiger charge is 2.16. The highest BCUT2D eigenvalue weighted by Crippen LogP contribution is 2.39. The van der Waals surface area contributed by atoms with Gasteiger partial charge in [0.25, 0.3) is 0 Å². The molecule has 0 aliphatic carbocycles. The molecule has 0 saturated heterocycles. The number of aromatic hydroxyl groups is 1. The minimum atomic E-state index is -0.416. The van der Waals surface area contributed by atoms with Gasteiger partial charge >= 0.3 is 0 Å². The summed E-state index contributed by atoms with van der Waals surface area (Å²) in [7, 11) is 3.13. The first-order valence-electron chi connectivity index (χ1n) is 9.92. The lowest BCUT2D eigenvalue weighted by Gasteiger charge is -2.14. The van der Waals surface area contributed by atoms with Gasteiger partial charge in [-0.25, -0.2) is 14.4 Å². The number of phenolic OH excluding ortho intramolecular Hbond substituents is 1. The van der Waals surface area contributed by atoms with Gasteiger partial charge in [-0.3, -0.25) is 0 Å². The third-order valence-corrected chi connectivity index (χ3v) is 5.39. The van der Waals surface area contributed by atoms with Crippen molar-refractivity contribution in [3.05, 3.63) is 83.5 Å². The number of phenols is 1. The molecule has 1 aromatic heterocycles. The zero-order valence-corrected chi connectivity index (χ0v) is 18.6. The third kappa shape index (κ3) is 4.83. The van der Waals surface area contributed by atoms with Crippen LogP contribution in [0.25, 0.3) is 22.4 Å². The number of benzene rings is 3. The van der Waals surface area contributed by atoms with Crippen LogP contribution in [0, 0.1) is 5.82 Å². The minimum Gasteiger partial charge on any atom is -0.507 e. The van der Waals surface area contributed by atoms with Gasteiger partial charge < -0.3 is 19.3 Å². The molecule has 6 nitrogen and oxygen atoms in total. The Hall–Kier alpha value is -3.84. The van der Waals surface area contributed by atoms with Crippen LogP contribution in [0.4, 0.5) is 4.39 Å². The number of ether oxygens (including phenoxy) is 3. The smallest absolute Gasteiger partial charge is 0.161 e. The van der Waals surface area contributed by atoms with Gasteiger partial charge in [0.15, 0.2) is 11.5 Å². The van der Waals surface area contributed by atoms with Gasteiger partial charge in [0.1, 0.15) is 30.3 Å². The van der Waals surface area contributed by atoms with Crippen molar-refractivity contribution in [2.45, 2.75) is 6.61 Å². The molecule has 8 heteroatoms. The molecule has 0 bridgehead atoms. The maximum atomic E-state index is 13.2. The Morgan fingerprint density at radius 2 is 1.76 bits per heavy atom. The molecule has 0 amide bonds. The van der Waals surface area contributed by atoms with Crippen molar-refractivity contribution < 1.29 is 23.7 Å². The molecule has 0 atom stereocenters. The number of hydrogen-bond donors (Lipinski definition) is 1. The Balaban J connectivity index is 1.63. The van der Waals surface area contributed by atoms with Crippen molar-refractivity contribution in [2.75, 3.05) is 14.2 Å². The molecule has 0 aliphatic heterocycles. The second-order valence-electron chi connectivity index (χ2n) is 7.06. The van der Waals surface area contributed by atoms with E-state index in [1.807, 2.05) is 12.1 Å². The summed E-state index contributed by atoms with van der Waals surface area (Å²) in [5, 5.41) is 11.0. The van der Waals surface area contributed by atoms with Crippen LogP contribution in [0.3, 0.4) is 0 Å². The van der Waals surface area contributed by atoms with Crippen LogP contribution in [0.2, 0.25) is 5.02 Å². The van der Waals surface area contributed by atoms with Crippen molar-refractivity contribution in [1.82, 2.24) is 9.97 Å². The molecule has 0 fully saturated rings. The van der Waals surface area contributed by atoms with Gasteiger partial charge in [-0.2, -0.15) is 0 Å². The fourth-order valence-corrected chi connectivity index (χ4v) is 3.58. The predicted molar refractivity (Wildman–Crippen MR) is 123 cm³/mol. The van der Waals surface area contributed by atoms with Gasteiger partial charge in [-0.15, -0.1) is 0 Å². The molecule has 0 spiro atoms. The molecular formula is C25H20ClFN2O4. The molecule has 1 heterocycles. The van der Waals surface area contributed by atoms with E-state index in [9.17, 15) is 9.50 Å². The largest absolute Gasteiger partial charge is 0.507 e. The van der Waals surface area contributed by atoms with E-state index in [4.69, 9.17) is 25.8 Å². The fraction of sp³-hybridized carbons (Fsp3) is 0.120. The first-order valence-corrected chi connectivity index (χ1v) is 10.3. The molecule has 0 radical (unpaired) electrons. The lowest BCUT2D eigenvalue weighted by molar-refractivity contribution is 0.304. The summed E-state index contributed by atoms with van der Waals surface area (Å²) < 4.78 is 29.7. The summed E-state index contributed by atoms with van der Waals surface area (Å²) in [6, 6.07) is 14.5. The average Bonchev–Trinajstić information content (AvgIpc) is 2.83. The van der Waals surface area contributed by atoms with E-state index in [0.29, 0.717) is 39.6 Å². The quantitative estimate of drug-likeness (QED) is 0.365. The molecule has 1 N–H and O–H groups in total. The predicted octanol–water partition coefficient (Wildman–Crippen LogP) is 5.90. The minimum absolute atomic E-state index is 0.0156. The number of halogens is 2. The van der Waals surface area contributed by atoms with Crippen LogP contribution in [-0.2, 0) is 6.61 Å². The van der Waals surface area contributed by atoms with Gasteiger partial charge in [0.2, 0.25) is 0 Å². The molecular weight excluding hydrogens is 447 g/mol. The van der Waals surface area contributed by atoms with Crippen molar-refractivity contribution in [2.24, 2.45) is 0 Å². The van der Waals surface area contributed by atoms with E-state index in [2.05, 4.69) is 9.97 Å². The Kier molecular flexibility index (Phi) is 6.60. The highest BCUT2D eigenvalue weighted by molar-refractivity contribution is 6.31. The molecule has 0 saturated carbocycles. The molecule has 3 aromatic carbocycles. The van der Waals surface area contributed by atoms with E-state index in [1.54, 1.807) is 44.7 Å². The first-order chi connectivity index (χ1) is 16.0. The van der Waals surface area contributed by atoms with E-state index in [1.165, 1.54) is 24.5 Å². The van der Waals surface area contributed by atoms with Crippen LogP contribution in [0.1, 0.15) is 5.56 Å². The van der Waals surface area contributed by atoms with Gasteiger partial charge in [-0.05, 0) is 42.0 Å². The summed E-state index contributed by atoms with van der Waals surface area (Å²) >= 11 is 6.05. The second kappa shape index (κ2) is 9.75. The Morgan fingerprint density at radius 3 is 2.48 bits per heavy atom. The average molecular weight is 467 g/mol. The zero-order valence-electron chi connectivity index (χ0n) is 17.9. The maximum Gasteiger partial charge on any atom is 0.161 e. The third-order valence-electron chi connectivity index (χ3n) is 5.04. The number of methoxy groups -OCH3 is 2. The van der Waals surface area contributed by atoms with Crippen molar-refractivity contribution in [3.63, 3.8) is 0 Å². The molecule has 168 valence electrons. The lowest BCUT2D eigenvalue weighted by Crippen LogP contribution is -1.97. The summed E-state index contributed by atoms with van der Waals surface area (Å²) in [5.41, 5.74) is 3.19. The Labute approximate surface area is 195 Å². The number of rotatable bonds is 7. The maximum absolute atomic E-state index is 13.2. The molecule has 33 heavy (non-hydrogen) atoms. The number of aromatic nitrogens is 2. The van der Waals surface area contributed by atoms with Crippen LogP contribution in [-0.4, -0.2) is 29.3 Å². The Bertz CT molecular complexity index is 1300. The van der Waals surface area contributed by atoms with Gasteiger partial charge in [-0.1, -0.05) is 23.7 Å². The van der Waals surface area contributed by atoms with Crippen molar-refractivity contribution in [3.8, 4) is 45.4 Å². The normalized spacial score (nSPS) is 10.7. The lowest BCUT2D eigenvalue weighted by atomic mass is 9.99. The number of nitrogens with zero attached hydrogens (tertiary/aromatic N) is 2. The SMILES string of the molecule is COc1ccc(-c2cncnc2-c2ccc(OCc3ccc(F)cc3Cl)cc2O)cc1OC. The van der Waals surface area contributed by atoms with E-state index in [0.717, 1.165) is 5.56 Å². The van der Waals surface area contributed by atoms with Gasteiger partial charge in [0, 0.05) is 29.0 Å². The van der Waals surface area contributed by atoms with Crippen molar-refractivity contribution >= 4 is 11.6 Å². The molecule has 4 aromatic rings. The Morgan fingerprint density at radius 1 is 0.939 bits per heavy atom. The summed E-state index contributed by atoms with van der Waals surface area (Å²) in [5.74, 6) is 1.17. The van der Waals surface area contributed by atoms with Crippen LogP contribution < -0.4 is 14.2 Å². The molecule has 4 rings (SSSR count).